The fourth-order valence-electron chi connectivity index (χ4n) is 0.677. The second kappa shape index (κ2) is 208. The smallest absolute Gasteiger partial charge is 0.0533 e. The molecule has 140 valence electrons. The van der Waals surface area contributed by atoms with Crippen molar-refractivity contribution in [3.63, 3.8) is 0 Å². The van der Waals surface area contributed by atoms with E-state index in [0.29, 0.717) is 0 Å². The van der Waals surface area contributed by atoms with Crippen LogP contribution in [0.25, 0.3) is 0 Å². The van der Waals surface area contributed by atoms with Gasteiger partial charge in [0, 0.05) is 0 Å². The summed E-state index contributed by atoms with van der Waals surface area (Å²) in [4.78, 5) is 0. The van der Waals surface area contributed by atoms with Gasteiger partial charge in [-0.1, -0.05) is 135 Å². The predicted octanol–water partition coefficient (Wildman–Crippen LogP) is 10.6. The van der Waals surface area contributed by atoms with Crippen LogP contribution in [0.3, 0.4) is 0 Å². The lowest BCUT2D eigenvalue weighted by Gasteiger charge is -1.90. The van der Waals surface area contributed by atoms with Crippen LogP contribution in [0.2, 0.25) is 0 Å². The molecule has 0 nitrogen and oxygen atoms in total. The van der Waals surface area contributed by atoms with Crippen molar-refractivity contribution >= 4 is 0 Å². The number of rotatable bonds is 4. The molecule has 0 aliphatic carbocycles. The maximum atomic E-state index is 2.25. The Hall–Kier alpha value is 0. The lowest BCUT2D eigenvalue weighted by atomic mass is 10.2. The van der Waals surface area contributed by atoms with Crippen molar-refractivity contribution in [1.82, 2.24) is 0 Å². The summed E-state index contributed by atoms with van der Waals surface area (Å²) >= 11 is 0. The molecule has 0 aromatic rings. The zero-order chi connectivity index (χ0) is 5.54. The average Bonchev–Trinajstić information content (AvgIpc) is 1.69. The fourth-order valence-corrected chi connectivity index (χ4v) is 0.677. The van der Waals surface area contributed by atoms with Crippen molar-refractivity contribution < 1.29 is 0 Å². The molecule has 0 saturated heterocycles. The Morgan fingerprint density at radius 2 is 0.474 bits per heavy atom. The molecule has 0 aliphatic rings. The molecule has 0 bridgehead atoms. The topological polar surface area (TPSA) is 0 Å². The first-order valence-electron chi connectivity index (χ1n) is 3.41. The third kappa shape index (κ3) is 288. The van der Waals surface area contributed by atoms with E-state index in [1.807, 2.05) is 0 Å². The van der Waals surface area contributed by atoms with Gasteiger partial charge in [-0.2, -0.15) is 0 Å². The summed E-state index contributed by atoms with van der Waals surface area (Å²) in [6, 6.07) is 0. The summed E-state index contributed by atoms with van der Waals surface area (Å²) in [7, 11) is 0. The van der Waals surface area contributed by atoms with E-state index in [4.69, 9.17) is 0 Å². The second-order valence-corrected chi connectivity index (χ2v) is 2.06. The molecule has 0 aliphatic heterocycles. The molecule has 0 aromatic carbocycles. The van der Waals surface area contributed by atoms with Gasteiger partial charge in [-0.15, -0.1) is 0 Å². The summed E-state index contributed by atoms with van der Waals surface area (Å²) < 4.78 is 0. The average molecular weight is 293 g/mol. The van der Waals surface area contributed by atoms with Gasteiger partial charge in [0.1, 0.15) is 0 Å². The van der Waals surface area contributed by atoms with E-state index in [0.717, 1.165) is 0 Å². The van der Waals surface area contributed by atoms with Gasteiger partial charge in [0.05, 0.1) is 0 Å². The molecule has 19 heavy (non-hydrogen) atoms. The van der Waals surface area contributed by atoms with Crippen LogP contribution in [-0.4, -0.2) is 0 Å². The van der Waals surface area contributed by atoms with Gasteiger partial charge in [0.15, 0.2) is 0 Å². The number of hydrogen-bond donors (Lipinski definition) is 0. The third-order valence-electron chi connectivity index (χ3n) is 1.21. The molecule has 0 amide bonds. The van der Waals surface area contributed by atoms with Crippen LogP contribution in [0.1, 0.15) is 135 Å². The molecule has 0 heterocycles. The molecule has 0 unspecified atom stereocenters. The molecule has 0 N–H and O–H groups in total. The molecular weight excluding hydrogens is 228 g/mol. The minimum Gasteiger partial charge on any atom is -0.0776 e. The first-order valence-corrected chi connectivity index (χ1v) is 3.41. The molecule has 0 atom stereocenters. The quantitative estimate of drug-likeness (QED) is 0.452. The van der Waals surface area contributed by atoms with Crippen LogP contribution in [0.5, 0.6) is 0 Å². The van der Waals surface area contributed by atoms with Gasteiger partial charge in [-0.25, -0.2) is 0 Å². The Kier molecular flexibility index (Phi) is 1870. The standard InChI is InChI=1S/C7H16.12CH4/c1-3-5-7-6-4-2;;;;;;;;;;;;/h3-7H2,1-2H3;12*1H4. The summed E-state index contributed by atoms with van der Waals surface area (Å²) in [5.74, 6) is 0. The summed E-state index contributed by atoms with van der Waals surface area (Å²) in [5, 5.41) is 0. The van der Waals surface area contributed by atoms with Crippen molar-refractivity contribution in [1.29, 1.82) is 0 Å². The molecule has 0 saturated carbocycles. The molecule has 0 fully saturated rings. The Morgan fingerprint density at radius 3 is 0.579 bits per heavy atom. The predicted molar refractivity (Wildman–Crippen MR) is 115 cm³/mol. The lowest BCUT2D eigenvalue weighted by molar-refractivity contribution is 0.656. The highest BCUT2D eigenvalue weighted by Crippen LogP contribution is 2.00. The zero-order valence-corrected chi connectivity index (χ0v) is 5.54. The third-order valence-corrected chi connectivity index (χ3v) is 1.21. The molecule has 0 radical (unpaired) electrons. The monoisotopic (exact) mass is 293 g/mol. The Morgan fingerprint density at radius 1 is 0.316 bits per heavy atom. The molecular formula is C19H64. The van der Waals surface area contributed by atoms with Gasteiger partial charge in [0.2, 0.25) is 0 Å². The maximum Gasteiger partial charge on any atom is -0.0533 e. The molecule has 0 spiro atoms. The van der Waals surface area contributed by atoms with Crippen LogP contribution in [-0.2, 0) is 0 Å². The summed E-state index contributed by atoms with van der Waals surface area (Å²) in [6.07, 6.45) is 7.01. The highest BCUT2D eigenvalue weighted by molar-refractivity contribution is 4.35. The first-order chi connectivity index (χ1) is 3.41. The molecule has 0 heteroatoms. The minimum absolute atomic E-state index is 0. The van der Waals surface area contributed by atoms with Crippen molar-refractivity contribution in [2.24, 2.45) is 0 Å². The normalized spacial score (nSPS) is 3.47. The largest absolute Gasteiger partial charge is 0.0776 e. The van der Waals surface area contributed by atoms with Gasteiger partial charge >= 0.3 is 0 Å². The van der Waals surface area contributed by atoms with E-state index in [-0.39, 0.29) is 89.1 Å². The van der Waals surface area contributed by atoms with E-state index in [9.17, 15) is 0 Å². The first kappa shape index (κ1) is 171. The Labute approximate surface area is 135 Å². The van der Waals surface area contributed by atoms with Crippen LogP contribution < -0.4 is 0 Å². The number of hydrogen-bond acceptors (Lipinski definition) is 0. The van der Waals surface area contributed by atoms with Gasteiger partial charge < -0.3 is 0 Å². The Balaban J connectivity index is -0.00000000273. The fraction of sp³-hybridized carbons (Fsp3) is 1.00. The van der Waals surface area contributed by atoms with Crippen LogP contribution in [0, 0.1) is 0 Å². The van der Waals surface area contributed by atoms with Gasteiger partial charge in [0.25, 0.3) is 0 Å². The van der Waals surface area contributed by atoms with Crippen LogP contribution in [0.15, 0.2) is 0 Å². The Bertz CT molecular complexity index is 19.2. The van der Waals surface area contributed by atoms with Gasteiger partial charge in [-0.05, 0) is 0 Å². The summed E-state index contributed by atoms with van der Waals surface area (Å²) in [5.41, 5.74) is 0. The minimum atomic E-state index is 0. The zero-order valence-electron chi connectivity index (χ0n) is 5.54. The van der Waals surface area contributed by atoms with Crippen LogP contribution in [0.4, 0.5) is 0 Å². The van der Waals surface area contributed by atoms with Crippen molar-refractivity contribution in [3.8, 4) is 0 Å². The SMILES string of the molecule is C.C.C.C.C.C.C.C.C.C.C.C.CCCCCCC. The van der Waals surface area contributed by atoms with E-state index >= 15 is 0 Å². The van der Waals surface area contributed by atoms with Crippen molar-refractivity contribution in [2.45, 2.75) is 135 Å². The number of unbranched alkanes of at least 4 members (excludes halogenated alkanes) is 4. The van der Waals surface area contributed by atoms with Crippen molar-refractivity contribution in [2.75, 3.05) is 0 Å². The lowest BCUT2D eigenvalue weighted by Crippen LogP contribution is -1.70. The van der Waals surface area contributed by atoms with E-state index in [1.165, 1.54) is 32.1 Å². The van der Waals surface area contributed by atoms with E-state index in [1.54, 1.807) is 0 Å². The molecule has 0 aromatic heterocycles. The van der Waals surface area contributed by atoms with E-state index in [2.05, 4.69) is 13.8 Å². The molecule has 0 rings (SSSR count). The highest BCUT2D eigenvalue weighted by atomic mass is 13.9. The summed E-state index contributed by atoms with van der Waals surface area (Å²) in [6.45, 7) is 4.49. The maximum absolute atomic E-state index is 2.25. The van der Waals surface area contributed by atoms with E-state index < -0.39 is 0 Å². The second-order valence-electron chi connectivity index (χ2n) is 2.06. The van der Waals surface area contributed by atoms with Gasteiger partial charge in [-0.3, -0.25) is 0 Å². The van der Waals surface area contributed by atoms with Crippen LogP contribution >= 0.6 is 0 Å². The highest BCUT2D eigenvalue weighted by Gasteiger charge is 1.80. The van der Waals surface area contributed by atoms with Crippen molar-refractivity contribution in [3.05, 3.63) is 0 Å².